The van der Waals surface area contributed by atoms with Gasteiger partial charge in [-0.2, -0.15) is 0 Å². The summed E-state index contributed by atoms with van der Waals surface area (Å²) in [6, 6.07) is 3.25. The lowest BCUT2D eigenvalue weighted by Crippen LogP contribution is -2.44. The van der Waals surface area contributed by atoms with Crippen LogP contribution in [0.2, 0.25) is 0 Å². The van der Waals surface area contributed by atoms with Crippen LogP contribution in [0.5, 0.6) is 0 Å². The van der Waals surface area contributed by atoms with Crippen LogP contribution in [0.25, 0.3) is 0 Å². The number of piperidine rings is 1. The maximum absolute atomic E-state index is 12.2. The van der Waals surface area contributed by atoms with E-state index in [1.54, 1.807) is 6.07 Å². The molecule has 0 aromatic carbocycles. The van der Waals surface area contributed by atoms with Crippen molar-refractivity contribution in [2.45, 2.75) is 35.9 Å². The quantitative estimate of drug-likeness (QED) is 0.816. The standard InChI is InChI=1S/C13H20N2O4S2/c1-15-7-3-2-4-10(15)9-14-21(18,19)13-6-5-11(20-13)8-12(16)17/h5-6,10,14H,2-4,7-9H2,1H3,(H,16,17). The molecule has 0 spiro atoms. The molecule has 2 rings (SSSR count). The number of hydrogen-bond donors (Lipinski definition) is 2. The number of carboxylic acid groups (broad SMARTS) is 1. The van der Waals surface area contributed by atoms with Crippen LogP contribution in [0.3, 0.4) is 0 Å². The first-order chi connectivity index (χ1) is 9.88. The Bertz CT molecular complexity index is 597. The maximum atomic E-state index is 12.2. The van der Waals surface area contributed by atoms with Crippen LogP contribution in [0.15, 0.2) is 16.3 Å². The van der Waals surface area contributed by atoms with Crippen LogP contribution < -0.4 is 4.72 Å². The van der Waals surface area contributed by atoms with Gasteiger partial charge in [-0.1, -0.05) is 6.42 Å². The maximum Gasteiger partial charge on any atom is 0.308 e. The molecular weight excluding hydrogens is 312 g/mol. The first kappa shape index (κ1) is 16.4. The summed E-state index contributed by atoms with van der Waals surface area (Å²) in [6.07, 6.45) is 3.13. The third-order valence-electron chi connectivity index (χ3n) is 3.66. The second kappa shape index (κ2) is 6.87. The Morgan fingerprint density at radius 3 is 2.90 bits per heavy atom. The van der Waals surface area contributed by atoms with Crippen LogP contribution in [0.4, 0.5) is 0 Å². The molecule has 1 aliphatic heterocycles. The molecule has 118 valence electrons. The molecule has 1 aromatic rings. The molecule has 1 saturated heterocycles. The van der Waals surface area contributed by atoms with Gasteiger partial charge in [-0.15, -0.1) is 11.3 Å². The Labute approximate surface area is 128 Å². The topological polar surface area (TPSA) is 86.7 Å². The van der Waals surface area contributed by atoms with Crippen LogP contribution in [0, 0.1) is 0 Å². The van der Waals surface area contributed by atoms with Gasteiger partial charge in [-0.05, 0) is 38.6 Å². The lowest BCUT2D eigenvalue weighted by molar-refractivity contribution is -0.136. The van der Waals surface area contributed by atoms with E-state index >= 15 is 0 Å². The smallest absolute Gasteiger partial charge is 0.308 e. The zero-order chi connectivity index (χ0) is 15.5. The van der Waals surface area contributed by atoms with Crippen molar-refractivity contribution in [1.82, 2.24) is 9.62 Å². The fourth-order valence-electron chi connectivity index (χ4n) is 2.43. The van der Waals surface area contributed by atoms with Crippen molar-refractivity contribution in [3.63, 3.8) is 0 Å². The van der Waals surface area contributed by atoms with Gasteiger partial charge >= 0.3 is 5.97 Å². The molecule has 1 unspecified atom stereocenters. The van der Waals surface area contributed by atoms with Gasteiger partial charge in [0.05, 0.1) is 6.42 Å². The number of rotatable bonds is 6. The average molecular weight is 332 g/mol. The molecule has 1 aliphatic rings. The molecule has 2 heterocycles. The van der Waals surface area contributed by atoms with Crippen molar-refractivity contribution >= 4 is 27.3 Å². The highest BCUT2D eigenvalue weighted by atomic mass is 32.2. The Kier molecular flexibility index (Phi) is 5.37. The minimum Gasteiger partial charge on any atom is -0.481 e. The van der Waals surface area contributed by atoms with Crippen LogP contribution in [0.1, 0.15) is 24.1 Å². The number of carbonyl (C=O) groups is 1. The van der Waals surface area contributed by atoms with E-state index in [1.165, 1.54) is 6.07 Å². The van der Waals surface area contributed by atoms with E-state index in [9.17, 15) is 13.2 Å². The van der Waals surface area contributed by atoms with Crippen molar-refractivity contribution in [3.05, 3.63) is 17.0 Å². The first-order valence-corrected chi connectivity index (χ1v) is 9.19. The molecule has 1 atom stereocenters. The summed E-state index contributed by atoms with van der Waals surface area (Å²) in [6.45, 7) is 1.39. The van der Waals surface area contributed by atoms with Gasteiger partial charge in [0.15, 0.2) is 0 Å². The SMILES string of the molecule is CN1CCCCC1CNS(=O)(=O)c1ccc(CC(=O)O)s1. The molecule has 8 heteroatoms. The van der Waals surface area contributed by atoms with E-state index in [0.29, 0.717) is 11.4 Å². The molecule has 2 N–H and O–H groups in total. The zero-order valence-corrected chi connectivity index (χ0v) is 13.5. The number of aliphatic carboxylic acids is 1. The van der Waals surface area contributed by atoms with Crippen LogP contribution >= 0.6 is 11.3 Å². The van der Waals surface area contributed by atoms with Gasteiger partial charge in [0.1, 0.15) is 4.21 Å². The molecule has 0 amide bonds. The first-order valence-electron chi connectivity index (χ1n) is 6.89. The van der Waals surface area contributed by atoms with E-state index in [-0.39, 0.29) is 16.7 Å². The summed E-state index contributed by atoms with van der Waals surface area (Å²) in [4.78, 5) is 13.3. The third-order valence-corrected chi connectivity index (χ3v) is 6.66. The molecule has 0 aliphatic carbocycles. The number of likely N-dealkylation sites (tertiary alicyclic amines) is 1. The predicted molar refractivity (Wildman–Crippen MR) is 81.1 cm³/mol. The summed E-state index contributed by atoms with van der Waals surface area (Å²) < 4.78 is 27.2. The highest BCUT2D eigenvalue weighted by molar-refractivity contribution is 7.91. The Morgan fingerprint density at radius 2 is 2.24 bits per heavy atom. The summed E-state index contributed by atoms with van der Waals surface area (Å²) >= 11 is 1.01. The van der Waals surface area contributed by atoms with Gasteiger partial charge < -0.3 is 10.0 Å². The van der Waals surface area contributed by atoms with Crippen LogP contribution in [-0.2, 0) is 21.2 Å². The average Bonchev–Trinajstić information content (AvgIpc) is 2.86. The van der Waals surface area contributed by atoms with Gasteiger partial charge in [0.25, 0.3) is 0 Å². The van der Waals surface area contributed by atoms with E-state index in [4.69, 9.17) is 5.11 Å². The molecule has 21 heavy (non-hydrogen) atoms. The highest BCUT2D eigenvalue weighted by Gasteiger charge is 2.23. The molecule has 0 bridgehead atoms. The monoisotopic (exact) mass is 332 g/mol. The van der Waals surface area contributed by atoms with E-state index in [2.05, 4.69) is 9.62 Å². The largest absolute Gasteiger partial charge is 0.481 e. The Balaban J connectivity index is 1.97. The zero-order valence-electron chi connectivity index (χ0n) is 11.9. The molecule has 1 aromatic heterocycles. The third kappa shape index (κ3) is 4.50. The van der Waals surface area contributed by atoms with E-state index < -0.39 is 16.0 Å². The minimum absolute atomic E-state index is 0.147. The van der Waals surface area contributed by atoms with Crippen LogP contribution in [-0.4, -0.2) is 50.6 Å². The molecule has 1 fully saturated rings. The van der Waals surface area contributed by atoms with Crippen molar-refractivity contribution in [2.24, 2.45) is 0 Å². The lowest BCUT2D eigenvalue weighted by atomic mass is 10.0. The summed E-state index contributed by atoms with van der Waals surface area (Å²) in [5, 5.41) is 8.72. The summed E-state index contributed by atoms with van der Waals surface area (Å²) in [5.41, 5.74) is 0. The number of likely N-dealkylation sites (N-methyl/N-ethyl adjacent to an activating group) is 1. The minimum atomic E-state index is -3.55. The van der Waals surface area contributed by atoms with Gasteiger partial charge in [0.2, 0.25) is 10.0 Å². The predicted octanol–water partition coefficient (Wildman–Crippen LogP) is 1.14. The number of carboxylic acids is 1. The number of nitrogens with zero attached hydrogens (tertiary/aromatic N) is 1. The van der Waals surface area contributed by atoms with E-state index in [0.717, 1.165) is 37.1 Å². The molecule has 0 saturated carbocycles. The van der Waals surface area contributed by atoms with Gasteiger partial charge in [0, 0.05) is 17.5 Å². The number of hydrogen-bond acceptors (Lipinski definition) is 5. The molecule has 6 nitrogen and oxygen atoms in total. The highest BCUT2D eigenvalue weighted by Crippen LogP contribution is 2.22. The lowest BCUT2D eigenvalue weighted by Gasteiger charge is -2.32. The Hall–Kier alpha value is -0.960. The van der Waals surface area contributed by atoms with E-state index in [1.807, 2.05) is 7.05 Å². The second-order valence-electron chi connectivity index (χ2n) is 5.27. The fourth-order valence-corrected chi connectivity index (χ4v) is 4.89. The summed E-state index contributed by atoms with van der Waals surface area (Å²) in [5.74, 6) is -0.961. The normalized spacial score (nSPS) is 20.5. The molecule has 0 radical (unpaired) electrons. The number of thiophene rings is 1. The fraction of sp³-hybridized carbons (Fsp3) is 0.615. The van der Waals surface area contributed by atoms with Crippen molar-refractivity contribution in [1.29, 1.82) is 0 Å². The van der Waals surface area contributed by atoms with Crippen molar-refractivity contribution in [2.75, 3.05) is 20.1 Å². The molecular formula is C13H20N2O4S2. The number of sulfonamides is 1. The van der Waals surface area contributed by atoms with Crippen molar-refractivity contribution < 1.29 is 18.3 Å². The van der Waals surface area contributed by atoms with Crippen molar-refractivity contribution in [3.8, 4) is 0 Å². The second-order valence-corrected chi connectivity index (χ2v) is 8.44. The van der Waals surface area contributed by atoms with Gasteiger partial charge in [-0.25, -0.2) is 13.1 Å². The number of nitrogens with one attached hydrogen (secondary N) is 1. The summed E-state index contributed by atoms with van der Waals surface area (Å²) in [7, 11) is -1.54. The Morgan fingerprint density at radius 1 is 1.48 bits per heavy atom. The van der Waals surface area contributed by atoms with Gasteiger partial charge in [-0.3, -0.25) is 4.79 Å².